The number of halogens is 1. The Labute approximate surface area is 187 Å². The van der Waals surface area contributed by atoms with E-state index in [1.165, 1.54) is 6.07 Å². The summed E-state index contributed by atoms with van der Waals surface area (Å²) in [5, 5.41) is 9.10. The predicted octanol–water partition coefficient (Wildman–Crippen LogP) is 4.65. The number of hydrogen-bond donors (Lipinski definition) is 2. The van der Waals surface area contributed by atoms with Crippen molar-refractivity contribution in [3.8, 4) is 0 Å². The molecule has 168 valence electrons. The fourth-order valence-corrected chi connectivity index (χ4v) is 4.77. The van der Waals surface area contributed by atoms with Gasteiger partial charge in [-0.25, -0.2) is 9.37 Å². The molecule has 31 heavy (non-hydrogen) atoms. The van der Waals surface area contributed by atoms with Crippen LogP contribution in [-0.4, -0.2) is 23.3 Å². The van der Waals surface area contributed by atoms with Crippen LogP contribution >= 0.6 is 11.3 Å². The molecule has 2 aromatic rings. The molecule has 1 aromatic carbocycles. The van der Waals surface area contributed by atoms with E-state index >= 15 is 0 Å². The van der Waals surface area contributed by atoms with Gasteiger partial charge in [0, 0.05) is 23.5 Å². The van der Waals surface area contributed by atoms with Crippen LogP contribution in [0.15, 0.2) is 35.8 Å². The van der Waals surface area contributed by atoms with Crippen LogP contribution in [0.3, 0.4) is 0 Å². The summed E-state index contributed by atoms with van der Waals surface area (Å²) in [5.41, 5.74) is -0.0283. The van der Waals surface area contributed by atoms with Crippen molar-refractivity contribution in [1.82, 2.24) is 15.6 Å². The Balaban J connectivity index is 1.50. The summed E-state index contributed by atoms with van der Waals surface area (Å²) in [4.78, 5) is 29.3. The zero-order valence-electron chi connectivity index (χ0n) is 18.5. The standard InChI is InChI=1S/C24H32FN3O2S/c1-24(2,3)23(30)28-21(22-26-12-13-31-22)17-10-8-16(9-11-17)15-27-20(29)14-18-6-4-5-7-19(18)25/h4-7,12-13,16-17,21H,8-11,14-15H2,1-3H3,(H,27,29)(H,28,30). The molecule has 0 radical (unpaired) electrons. The molecule has 7 heteroatoms. The molecular formula is C24H32FN3O2S. The molecule has 1 saturated carbocycles. The maximum atomic E-state index is 13.7. The minimum atomic E-state index is -0.449. The molecule has 1 unspecified atom stereocenters. The molecule has 0 saturated heterocycles. The normalized spacial score (nSPS) is 20.1. The molecule has 5 nitrogen and oxygen atoms in total. The number of carbonyl (C=O) groups is 2. The van der Waals surface area contributed by atoms with Gasteiger partial charge in [-0.15, -0.1) is 11.3 Å². The number of amides is 2. The second kappa shape index (κ2) is 10.4. The van der Waals surface area contributed by atoms with E-state index in [0.29, 0.717) is 23.9 Å². The van der Waals surface area contributed by atoms with Crippen LogP contribution < -0.4 is 10.6 Å². The van der Waals surface area contributed by atoms with Gasteiger partial charge >= 0.3 is 0 Å². The first-order valence-corrected chi connectivity index (χ1v) is 11.8. The summed E-state index contributed by atoms with van der Waals surface area (Å²) in [7, 11) is 0. The van der Waals surface area contributed by atoms with Gasteiger partial charge in [0.1, 0.15) is 10.8 Å². The Morgan fingerprint density at radius 2 is 1.90 bits per heavy atom. The van der Waals surface area contributed by atoms with Gasteiger partial charge in [0.25, 0.3) is 0 Å². The molecule has 1 aliphatic carbocycles. The van der Waals surface area contributed by atoms with Crippen molar-refractivity contribution < 1.29 is 14.0 Å². The second-order valence-electron chi connectivity index (χ2n) is 9.42. The largest absolute Gasteiger partial charge is 0.356 e. The molecule has 1 heterocycles. The maximum absolute atomic E-state index is 13.7. The lowest BCUT2D eigenvalue weighted by molar-refractivity contribution is -0.130. The molecule has 1 fully saturated rings. The van der Waals surface area contributed by atoms with Crippen molar-refractivity contribution in [1.29, 1.82) is 0 Å². The average molecular weight is 446 g/mol. The van der Waals surface area contributed by atoms with E-state index in [9.17, 15) is 14.0 Å². The summed E-state index contributed by atoms with van der Waals surface area (Å²) in [6.45, 7) is 6.36. The number of rotatable bonds is 7. The Bertz CT molecular complexity index is 871. The number of nitrogens with one attached hydrogen (secondary N) is 2. The Hall–Kier alpha value is -2.28. The van der Waals surface area contributed by atoms with Crippen molar-refractivity contribution in [2.45, 2.75) is 58.9 Å². The number of carbonyl (C=O) groups excluding carboxylic acids is 2. The minimum absolute atomic E-state index is 0.0373. The lowest BCUT2D eigenvalue weighted by atomic mass is 9.78. The second-order valence-corrected chi connectivity index (χ2v) is 10.4. The number of aromatic nitrogens is 1. The molecule has 0 bridgehead atoms. The van der Waals surface area contributed by atoms with Gasteiger partial charge in [-0.05, 0) is 49.1 Å². The third-order valence-electron chi connectivity index (χ3n) is 5.94. The van der Waals surface area contributed by atoms with Gasteiger partial charge in [0.05, 0.1) is 12.5 Å². The summed E-state index contributed by atoms with van der Waals surface area (Å²) >= 11 is 1.58. The first-order chi connectivity index (χ1) is 14.7. The molecular weight excluding hydrogens is 413 g/mol. The van der Waals surface area contributed by atoms with E-state index in [2.05, 4.69) is 15.6 Å². The van der Waals surface area contributed by atoms with Crippen molar-refractivity contribution in [3.63, 3.8) is 0 Å². The molecule has 2 N–H and O–H groups in total. The summed E-state index contributed by atoms with van der Waals surface area (Å²) in [6, 6.07) is 6.32. The Morgan fingerprint density at radius 1 is 1.19 bits per heavy atom. The highest BCUT2D eigenvalue weighted by atomic mass is 32.1. The Kier molecular flexibility index (Phi) is 7.81. The minimum Gasteiger partial charge on any atom is -0.356 e. The first kappa shape index (κ1) is 23.4. The fraction of sp³-hybridized carbons (Fsp3) is 0.542. The van der Waals surface area contributed by atoms with E-state index in [0.717, 1.165) is 30.7 Å². The maximum Gasteiger partial charge on any atom is 0.225 e. The van der Waals surface area contributed by atoms with Crippen LogP contribution in [0.4, 0.5) is 4.39 Å². The van der Waals surface area contributed by atoms with Crippen molar-refractivity contribution in [2.75, 3.05) is 6.54 Å². The quantitative estimate of drug-likeness (QED) is 0.652. The first-order valence-electron chi connectivity index (χ1n) is 10.9. The van der Waals surface area contributed by atoms with E-state index in [4.69, 9.17) is 0 Å². The number of thiazole rings is 1. The van der Waals surface area contributed by atoms with Crippen LogP contribution in [-0.2, 0) is 16.0 Å². The molecule has 0 spiro atoms. The van der Waals surface area contributed by atoms with Crippen molar-refractivity contribution >= 4 is 23.2 Å². The molecule has 1 atom stereocenters. The average Bonchev–Trinajstić information content (AvgIpc) is 3.26. The molecule has 0 aliphatic heterocycles. The van der Waals surface area contributed by atoms with E-state index in [-0.39, 0.29) is 30.1 Å². The highest BCUT2D eigenvalue weighted by Crippen LogP contribution is 2.38. The van der Waals surface area contributed by atoms with Crippen LogP contribution in [0.2, 0.25) is 0 Å². The van der Waals surface area contributed by atoms with E-state index < -0.39 is 5.41 Å². The van der Waals surface area contributed by atoms with Gasteiger partial charge in [0.2, 0.25) is 11.8 Å². The SMILES string of the molecule is CC(C)(C)C(=O)NC(c1nccs1)C1CCC(CNC(=O)Cc2ccccc2F)CC1. The van der Waals surface area contributed by atoms with Crippen LogP contribution in [0.1, 0.15) is 63.1 Å². The van der Waals surface area contributed by atoms with E-state index in [1.807, 2.05) is 26.2 Å². The monoisotopic (exact) mass is 445 g/mol. The predicted molar refractivity (Wildman–Crippen MR) is 121 cm³/mol. The number of hydrogen-bond acceptors (Lipinski definition) is 4. The van der Waals surface area contributed by atoms with Gasteiger partial charge in [0.15, 0.2) is 0 Å². The molecule has 3 rings (SSSR count). The highest BCUT2D eigenvalue weighted by molar-refractivity contribution is 7.09. The third kappa shape index (κ3) is 6.60. The third-order valence-corrected chi connectivity index (χ3v) is 6.80. The summed E-state index contributed by atoms with van der Waals surface area (Å²) in [5.74, 6) is 0.281. The summed E-state index contributed by atoms with van der Waals surface area (Å²) in [6.07, 6.45) is 5.76. The van der Waals surface area contributed by atoms with Crippen molar-refractivity contribution in [3.05, 3.63) is 52.2 Å². The lowest BCUT2D eigenvalue weighted by Crippen LogP contribution is -2.41. The van der Waals surface area contributed by atoms with Crippen molar-refractivity contribution in [2.24, 2.45) is 17.3 Å². The summed E-state index contributed by atoms with van der Waals surface area (Å²) < 4.78 is 13.7. The Morgan fingerprint density at radius 3 is 2.52 bits per heavy atom. The van der Waals surface area contributed by atoms with Gasteiger partial charge in [-0.2, -0.15) is 0 Å². The number of benzene rings is 1. The number of nitrogens with zero attached hydrogens (tertiary/aromatic N) is 1. The zero-order valence-corrected chi connectivity index (χ0v) is 19.3. The molecule has 1 aromatic heterocycles. The fourth-order valence-electron chi connectivity index (χ4n) is 3.99. The molecule has 1 aliphatic rings. The van der Waals surface area contributed by atoms with Crippen LogP contribution in [0.5, 0.6) is 0 Å². The van der Waals surface area contributed by atoms with Gasteiger partial charge in [-0.1, -0.05) is 39.0 Å². The van der Waals surface area contributed by atoms with Crippen LogP contribution in [0, 0.1) is 23.1 Å². The van der Waals surface area contributed by atoms with E-state index in [1.54, 1.807) is 35.7 Å². The van der Waals surface area contributed by atoms with Crippen LogP contribution in [0.25, 0.3) is 0 Å². The smallest absolute Gasteiger partial charge is 0.225 e. The topological polar surface area (TPSA) is 71.1 Å². The van der Waals surface area contributed by atoms with Gasteiger partial charge in [-0.3, -0.25) is 9.59 Å². The zero-order chi connectivity index (χ0) is 22.4. The molecule has 2 amide bonds. The lowest BCUT2D eigenvalue weighted by Gasteiger charge is -2.34. The highest BCUT2D eigenvalue weighted by Gasteiger charge is 2.33. The van der Waals surface area contributed by atoms with Gasteiger partial charge < -0.3 is 10.6 Å².